The average molecular weight is 324 g/mol. The topological polar surface area (TPSA) is 124 Å². The van der Waals surface area contributed by atoms with E-state index in [0.717, 1.165) is 0 Å². The third-order valence-electron chi connectivity index (χ3n) is 2.78. The number of rotatable bonds is 5. The summed E-state index contributed by atoms with van der Waals surface area (Å²) in [4.78, 5) is 30.0. The molecule has 2 aromatic carbocycles. The molecule has 7 nitrogen and oxygen atoms in total. The first-order chi connectivity index (χ1) is 10.3. The van der Waals surface area contributed by atoms with E-state index < -0.39 is 25.1 Å². The van der Waals surface area contributed by atoms with Crippen LogP contribution in [0.3, 0.4) is 0 Å². The first kappa shape index (κ1) is 16.0. The van der Waals surface area contributed by atoms with Crippen LogP contribution in [0, 0.1) is 0 Å². The Balaban J connectivity index is 2.34. The lowest BCUT2D eigenvalue weighted by Gasteiger charge is -2.12. The molecule has 0 bridgehead atoms. The molecule has 0 atom stereocenters. The molecule has 0 unspecified atom stereocenters. The number of phosphoric acid groups is 1. The Morgan fingerprint density at radius 3 is 2.41 bits per heavy atom. The maximum Gasteiger partial charge on any atom is 0.524 e. The molecule has 0 aliphatic heterocycles. The van der Waals surface area contributed by atoms with Gasteiger partial charge in [-0.15, -0.1) is 0 Å². The standard InChI is InChI=1S/C14H13O7P/c15-10-4-1-3-9(7-10)8-12(17)14-11(16)5-2-6-13(14)21-22(18,19)20/h1-7,15-16H,8H2,(H2,18,19,20). The van der Waals surface area contributed by atoms with Gasteiger partial charge in [-0.25, -0.2) is 4.57 Å². The van der Waals surface area contributed by atoms with Crippen molar-refractivity contribution in [1.29, 1.82) is 0 Å². The third kappa shape index (κ3) is 4.08. The van der Waals surface area contributed by atoms with E-state index in [1.807, 2.05) is 0 Å². The number of hydrogen-bond donors (Lipinski definition) is 4. The second-order valence-electron chi connectivity index (χ2n) is 4.50. The minimum atomic E-state index is -4.87. The zero-order chi connectivity index (χ0) is 16.3. The molecule has 4 N–H and O–H groups in total. The molecule has 0 saturated heterocycles. The van der Waals surface area contributed by atoms with Crippen LogP contribution in [0.15, 0.2) is 42.5 Å². The van der Waals surface area contributed by atoms with Gasteiger partial charge in [0.15, 0.2) is 5.78 Å². The molecule has 0 fully saturated rings. The lowest BCUT2D eigenvalue weighted by molar-refractivity contribution is 0.0988. The molecule has 0 heterocycles. The summed E-state index contributed by atoms with van der Waals surface area (Å²) < 4.78 is 15.4. The van der Waals surface area contributed by atoms with Gasteiger partial charge in [-0.1, -0.05) is 18.2 Å². The van der Waals surface area contributed by atoms with E-state index in [2.05, 4.69) is 4.52 Å². The van der Waals surface area contributed by atoms with E-state index in [-0.39, 0.29) is 17.7 Å². The first-order valence-corrected chi connectivity index (χ1v) is 7.67. The fraction of sp³-hybridized carbons (Fsp3) is 0.0714. The van der Waals surface area contributed by atoms with Gasteiger partial charge in [0.05, 0.1) is 0 Å². The number of carbonyl (C=O) groups excluding carboxylic acids is 1. The van der Waals surface area contributed by atoms with E-state index >= 15 is 0 Å². The summed E-state index contributed by atoms with van der Waals surface area (Å²) in [7, 11) is -4.87. The van der Waals surface area contributed by atoms with E-state index in [1.54, 1.807) is 12.1 Å². The molecule has 2 aromatic rings. The van der Waals surface area contributed by atoms with Gasteiger partial charge in [0.1, 0.15) is 22.8 Å². The molecular formula is C14H13O7P. The summed E-state index contributed by atoms with van der Waals surface area (Å²) in [5.74, 6) is -1.48. The fourth-order valence-electron chi connectivity index (χ4n) is 1.94. The number of phenols is 2. The minimum Gasteiger partial charge on any atom is -0.508 e. The van der Waals surface area contributed by atoms with Crippen molar-refractivity contribution >= 4 is 13.6 Å². The van der Waals surface area contributed by atoms with E-state index in [4.69, 9.17) is 9.79 Å². The summed E-state index contributed by atoms with van der Waals surface area (Å²) >= 11 is 0. The smallest absolute Gasteiger partial charge is 0.508 e. The van der Waals surface area contributed by atoms with E-state index in [0.29, 0.717) is 5.56 Å². The van der Waals surface area contributed by atoms with Crippen LogP contribution in [0.2, 0.25) is 0 Å². The molecule has 0 radical (unpaired) electrons. The van der Waals surface area contributed by atoms with Crippen molar-refractivity contribution in [1.82, 2.24) is 0 Å². The van der Waals surface area contributed by atoms with Crippen LogP contribution in [0.5, 0.6) is 17.2 Å². The van der Waals surface area contributed by atoms with Crippen molar-refractivity contribution < 1.29 is 33.9 Å². The molecule has 0 saturated carbocycles. The number of benzene rings is 2. The third-order valence-corrected chi connectivity index (χ3v) is 3.21. The Labute approximate surface area is 125 Å². The Morgan fingerprint density at radius 2 is 1.77 bits per heavy atom. The lowest BCUT2D eigenvalue weighted by Crippen LogP contribution is -2.06. The van der Waals surface area contributed by atoms with Gasteiger partial charge in [-0.3, -0.25) is 14.6 Å². The molecule has 0 aliphatic carbocycles. The molecule has 8 heteroatoms. The molecule has 22 heavy (non-hydrogen) atoms. The fourth-order valence-corrected chi connectivity index (χ4v) is 2.35. The van der Waals surface area contributed by atoms with Gasteiger partial charge in [-0.05, 0) is 29.8 Å². The van der Waals surface area contributed by atoms with Gasteiger partial charge < -0.3 is 14.7 Å². The number of ketones is 1. The van der Waals surface area contributed by atoms with Crippen LogP contribution >= 0.6 is 7.82 Å². The largest absolute Gasteiger partial charge is 0.524 e. The second-order valence-corrected chi connectivity index (χ2v) is 5.67. The van der Waals surface area contributed by atoms with Crippen LogP contribution in [-0.2, 0) is 11.0 Å². The van der Waals surface area contributed by atoms with Gasteiger partial charge in [0, 0.05) is 6.42 Å². The predicted octanol–water partition coefficient (Wildman–Crippen LogP) is 1.99. The molecule has 2 rings (SSSR count). The quantitative estimate of drug-likeness (QED) is 0.489. The zero-order valence-corrected chi connectivity index (χ0v) is 12.1. The molecule has 0 amide bonds. The highest BCUT2D eigenvalue weighted by Crippen LogP contribution is 2.41. The summed E-state index contributed by atoms with van der Waals surface area (Å²) in [6, 6.07) is 9.65. The molecular weight excluding hydrogens is 311 g/mol. The van der Waals surface area contributed by atoms with Crippen molar-refractivity contribution in [2.75, 3.05) is 0 Å². The van der Waals surface area contributed by atoms with Gasteiger partial charge in [0.2, 0.25) is 0 Å². The number of phosphoric ester groups is 1. The summed E-state index contributed by atoms with van der Waals surface area (Å²) in [5.41, 5.74) is 0.157. The minimum absolute atomic E-state index is 0.0192. The van der Waals surface area contributed by atoms with E-state index in [1.165, 1.54) is 30.3 Å². The zero-order valence-electron chi connectivity index (χ0n) is 11.2. The van der Waals surface area contributed by atoms with Crippen LogP contribution < -0.4 is 4.52 Å². The highest BCUT2D eigenvalue weighted by molar-refractivity contribution is 7.46. The average Bonchev–Trinajstić information content (AvgIpc) is 2.36. The van der Waals surface area contributed by atoms with E-state index in [9.17, 15) is 19.6 Å². The number of hydrogen-bond acceptors (Lipinski definition) is 5. The Kier molecular flexibility index (Phi) is 4.51. The van der Waals surface area contributed by atoms with Crippen LogP contribution in [0.25, 0.3) is 0 Å². The van der Waals surface area contributed by atoms with Gasteiger partial charge in [0.25, 0.3) is 0 Å². The van der Waals surface area contributed by atoms with Crippen molar-refractivity contribution in [2.24, 2.45) is 0 Å². The van der Waals surface area contributed by atoms with Crippen LogP contribution in [0.4, 0.5) is 0 Å². The monoisotopic (exact) mass is 324 g/mol. The summed E-state index contributed by atoms with van der Waals surface area (Å²) in [6.45, 7) is 0. The number of Topliss-reactive ketones (excluding diaryl/α,β-unsaturated/α-hetero) is 1. The Morgan fingerprint density at radius 1 is 1.09 bits per heavy atom. The summed E-state index contributed by atoms with van der Waals surface area (Å²) in [6.07, 6.45) is -0.177. The van der Waals surface area contributed by atoms with Crippen LogP contribution in [0.1, 0.15) is 15.9 Å². The second kappa shape index (κ2) is 6.19. The normalized spacial score (nSPS) is 11.2. The first-order valence-electron chi connectivity index (χ1n) is 6.14. The molecule has 0 spiro atoms. The summed E-state index contributed by atoms with van der Waals surface area (Å²) in [5, 5.41) is 19.2. The lowest BCUT2D eigenvalue weighted by atomic mass is 10.0. The van der Waals surface area contributed by atoms with Crippen molar-refractivity contribution in [3.63, 3.8) is 0 Å². The molecule has 0 aliphatic rings. The Hall–Kier alpha value is -2.34. The van der Waals surface area contributed by atoms with Crippen LogP contribution in [-0.4, -0.2) is 25.8 Å². The van der Waals surface area contributed by atoms with Gasteiger partial charge in [-0.2, -0.15) is 0 Å². The maximum absolute atomic E-state index is 12.3. The Bertz CT molecular complexity index is 751. The number of aromatic hydroxyl groups is 2. The van der Waals surface area contributed by atoms with Gasteiger partial charge >= 0.3 is 7.82 Å². The predicted molar refractivity (Wildman–Crippen MR) is 76.9 cm³/mol. The molecule has 116 valence electrons. The highest BCUT2D eigenvalue weighted by Gasteiger charge is 2.24. The number of carbonyl (C=O) groups is 1. The SMILES string of the molecule is O=C(Cc1cccc(O)c1)c1c(O)cccc1OP(=O)(O)O. The number of phenolic OH excluding ortho intramolecular Hbond substituents is 2. The van der Waals surface area contributed by atoms with Crippen molar-refractivity contribution in [3.8, 4) is 17.2 Å². The highest BCUT2D eigenvalue weighted by atomic mass is 31.2. The molecule has 0 aromatic heterocycles. The maximum atomic E-state index is 12.3. The van der Waals surface area contributed by atoms with Crippen molar-refractivity contribution in [2.45, 2.75) is 6.42 Å². The van der Waals surface area contributed by atoms with Crippen molar-refractivity contribution in [3.05, 3.63) is 53.6 Å².